The molecular weight excluding hydrogens is 587 g/mol. The van der Waals surface area contributed by atoms with Gasteiger partial charge in [0.2, 0.25) is 5.88 Å². The van der Waals surface area contributed by atoms with Gasteiger partial charge in [0, 0.05) is 30.9 Å². The number of rotatable bonds is 4. The molecule has 5 rings (SSSR count). The second kappa shape index (κ2) is 10.5. The minimum atomic E-state index is -4.45. The number of fused-ring (bicyclic) bond motifs is 6. The first-order valence-corrected chi connectivity index (χ1v) is 15.5. The van der Waals surface area contributed by atoms with Crippen LogP contribution in [-0.4, -0.2) is 63.7 Å². The summed E-state index contributed by atoms with van der Waals surface area (Å²) >= 11 is 0. The number of alkyl halides is 3. The van der Waals surface area contributed by atoms with Crippen LogP contribution in [0.25, 0.3) is 5.82 Å². The molecule has 2 aliphatic rings. The maximum absolute atomic E-state index is 13.6. The van der Waals surface area contributed by atoms with Gasteiger partial charge in [-0.25, -0.2) is 22.8 Å². The Bertz CT molecular complexity index is 1660. The molecule has 5 heterocycles. The summed E-state index contributed by atoms with van der Waals surface area (Å²) in [4.78, 5) is 20.4. The van der Waals surface area contributed by atoms with Crippen LogP contribution in [0.4, 0.5) is 19.0 Å². The first-order chi connectivity index (χ1) is 19.9. The summed E-state index contributed by atoms with van der Waals surface area (Å²) in [7, 11) is -4.25. The van der Waals surface area contributed by atoms with Crippen molar-refractivity contribution >= 4 is 21.7 Å². The Balaban J connectivity index is 1.53. The van der Waals surface area contributed by atoms with Crippen molar-refractivity contribution in [3.8, 4) is 11.7 Å². The van der Waals surface area contributed by atoms with Crippen LogP contribution in [0.15, 0.2) is 29.3 Å². The van der Waals surface area contributed by atoms with Crippen LogP contribution in [0, 0.1) is 25.2 Å². The number of nitrogens with zero attached hydrogens (tertiary/aromatic N) is 6. The molecular formula is C28H36F3N7O4S. The van der Waals surface area contributed by atoms with E-state index in [1.54, 1.807) is 18.5 Å². The first-order valence-electron chi connectivity index (χ1n) is 14.0. The minimum absolute atomic E-state index is 0.0177. The van der Waals surface area contributed by atoms with Crippen LogP contribution < -0.4 is 14.4 Å². The molecule has 15 heteroatoms. The first kappa shape index (κ1) is 30.8. The molecule has 0 aliphatic carbocycles. The largest absolute Gasteiger partial charge is 0.476 e. The number of hydrogen-bond acceptors (Lipinski definition) is 8. The Hall–Kier alpha value is -3.62. The van der Waals surface area contributed by atoms with Gasteiger partial charge in [0.25, 0.3) is 15.9 Å². The van der Waals surface area contributed by atoms with Gasteiger partial charge in [-0.05, 0) is 78.9 Å². The maximum Gasteiger partial charge on any atom is 0.397 e. The summed E-state index contributed by atoms with van der Waals surface area (Å²) in [6.07, 6.45) is -0.457. The van der Waals surface area contributed by atoms with E-state index in [1.165, 1.54) is 29.1 Å². The highest BCUT2D eigenvalue weighted by atomic mass is 32.2. The van der Waals surface area contributed by atoms with E-state index in [9.17, 15) is 26.4 Å². The fourth-order valence-corrected chi connectivity index (χ4v) is 7.17. The lowest BCUT2D eigenvalue weighted by molar-refractivity contribution is -0.219. The molecule has 1 fully saturated rings. The van der Waals surface area contributed by atoms with Gasteiger partial charge in [-0.3, -0.25) is 9.48 Å². The number of aryl methyl sites for hydroxylation is 2. The SMILES string of the molecule is Cc1nn2c(C)c1S(=O)(=O)NC(=O)c1ccc(-n3ccc(OCC(C)(C)C(F)(F)F)n3)nc1N1CC(CCC2)CC1(C)C. The third kappa shape index (κ3) is 5.83. The van der Waals surface area contributed by atoms with Gasteiger partial charge in [0.15, 0.2) is 5.82 Å². The smallest absolute Gasteiger partial charge is 0.397 e. The van der Waals surface area contributed by atoms with Crippen molar-refractivity contribution in [1.29, 1.82) is 0 Å². The average molecular weight is 624 g/mol. The molecule has 1 atom stereocenters. The van der Waals surface area contributed by atoms with Crippen LogP contribution in [0.2, 0.25) is 0 Å². The number of halogens is 3. The molecule has 4 bridgehead atoms. The van der Waals surface area contributed by atoms with E-state index in [-0.39, 0.29) is 28.0 Å². The highest BCUT2D eigenvalue weighted by Gasteiger charge is 2.48. The lowest BCUT2D eigenvalue weighted by Crippen LogP contribution is -2.41. The second-order valence-electron chi connectivity index (χ2n) is 12.6. The maximum atomic E-state index is 13.6. The molecule has 1 N–H and O–H groups in total. The van der Waals surface area contributed by atoms with Crippen molar-refractivity contribution < 1.29 is 31.1 Å². The summed E-state index contributed by atoms with van der Waals surface area (Å²) in [5.74, 6) is 0.00980. The molecule has 1 amide bonds. The molecule has 2 aliphatic heterocycles. The highest BCUT2D eigenvalue weighted by Crippen LogP contribution is 2.40. The summed E-state index contributed by atoms with van der Waals surface area (Å²) in [6.45, 7) is 9.99. The lowest BCUT2D eigenvalue weighted by atomic mass is 9.93. The van der Waals surface area contributed by atoms with Crippen molar-refractivity contribution in [2.75, 3.05) is 18.1 Å². The second-order valence-corrected chi connectivity index (χ2v) is 14.2. The Kier molecular flexibility index (Phi) is 7.55. The van der Waals surface area contributed by atoms with Crippen LogP contribution >= 0.6 is 0 Å². The third-order valence-corrected chi connectivity index (χ3v) is 9.84. The zero-order valence-electron chi connectivity index (χ0n) is 25.0. The number of nitrogens with one attached hydrogen (secondary N) is 1. The zero-order chi connectivity index (χ0) is 31.5. The molecule has 11 nitrogen and oxygen atoms in total. The van der Waals surface area contributed by atoms with Gasteiger partial charge in [0.1, 0.15) is 17.3 Å². The molecule has 3 aromatic rings. The Labute approximate surface area is 248 Å². The number of carbonyl (C=O) groups excluding carboxylic acids is 1. The number of ether oxygens (including phenoxy) is 1. The third-order valence-electron chi connectivity index (χ3n) is 8.26. The summed E-state index contributed by atoms with van der Waals surface area (Å²) in [5.41, 5.74) is -1.64. The van der Waals surface area contributed by atoms with Gasteiger partial charge in [-0.1, -0.05) is 0 Å². The fraction of sp³-hybridized carbons (Fsp3) is 0.571. The standard InChI is InChI=1S/C28H36F3N7O4S/c1-17-23-18(2)37(33-17)12-7-8-19-14-27(5,6)36(15-19)24-20(25(39)35-43(23,40)41)9-10-21(32-24)38-13-11-22(34-38)42-16-26(3,4)28(29,30)31/h9-11,13,19H,7-8,12,14-16H2,1-6H3,(H,35,39). The van der Waals surface area contributed by atoms with E-state index in [1.807, 2.05) is 18.7 Å². The van der Waals surface area contributed by atoms with E-state index >= 15 is 0 Å². The van der Waals surface area contributed by atoms with Crippen molar-refractivity contribution in [2.45, 2.75) is 84.0 Å². The molecule has 0 saturated carbocycles. The van der Waals surface area contributed by atoms with Gasteiger partial charge in [-0.2, -0.15) is 18.3 Å². The zero-order valence-corrected chi connectivity index (χ0v) is 25.8. The number of pyridine rings is 1. The molecule has 0 radical (unpaired) electrons. The Morgan fingerprint density at radius 3 is 2.56 bits per heavy atom. The summed E-state index contributed by atoms with van der Waals surface area (Å²) < 4.78 is 77.2. The monoisotopic (exact) mass is 623 g/mol. The quantitative estimate of drug-likeness (QED) is 0.449. The van der Waals surface area contributed by atoms with E-state index in [4.69, 9.17) is 9.72 Å². The molecule has 234 valence electrons. The lowest BCUT2D eigenvalue weighted by Gasteiger charge is -2.34. The molecule has 43 heavy (non-hydrogen) atoms. The van der Waals surface area contributed by atoms with Crippen LogP contribution in [0.3, 0.4) is 0 Å². The minimum Gasteiger partial charge on any atom is -0.476 e. The number of carbonyl (C=O) groups is 1. The molecule has 3 aromatic heterocycles. The summed E-state index contributed by atoms with van der Waals surface area (Å²) in [5, 5.41) is 8.68. The van der Waals surface area contributed by atoms with Crippen LogP contribution in [0.1, 0.15) is 68.7 Å². The predicted octanol–water partition coefficient (Wildman–Crippen LogP) is 4.57. The van der Waals surface area contributed by atoms with Gasteiger partial charge >= 0.3 is 6.18 Å². The van der Waals surface area contributed by atoms with Crippen molar-refractivity contribution in [2.24, 2.45) is 11.3 Å². The number of hydrogen-bond donors (Lipinski definition) is 1. The number of amides is 1. The normalized spacial score (nSPS) is 20.3. The van der Waals surface area contributed by atoms with Crippen molar-refractivity contribution in [3.05, 3.63) is 41.3 Å². The molecule has 1 unspecified atom stereocenters. The Morgan fingerprint density at radius 2 is 1.86 bits per heavy atom. The number of anilines is 1. The Morgan fingerprint density at radius 1 is 1.14 bits per heavy atom. The summed E-state index contributed by atoms with van der Waals surface area (Å²) in [6, 6.07) is 4.41. The van der Waals surface area contributed by atoms with E-state index in [2.05, 4.69) is 14.9 Å². The molecule has 1 saturated heterocycles. The van der Waals surface area contributed by atoms with E-state index in [0.717, 1.165) is 33.1 Å². The predicted molar refractivity (Wildman–Crippen MR) is 152 cm³/mol. The van der Waals surface area contributed by atoms with Crippen molar-refractivity contribution in [3.63, 3.8) is 0 Å². The molecule has 0 spiro atoms. The van der Waals surface area contributed by atoms with E-state index < -0.39 is 39.7 Å². The van der Waals surface area contributed by atoms with Gasteiger partial charge in [0.05, 0.1) is 22.4 Å². The highest BCUT2D eigenvalue weighted by molar-refractivity contribution is 7.90. The van der Waals surface area contributed by atoms with Crippen molar-refractivity contribution in [1.82, 2.24) is 29.3 Å². The fourth-order valence-electron chi connectivity index (χ4n) is 5.79. The van der Waals surface area contributed by atoms with Crippen LogP contribution in [-0.2, 0) is 16.6 Å². The van der Waals surface area contributed by atoms with Gasteiger partial charge in [-0.15, -0.1) is 5.10 Å². The topological polar surface area (TPSA) is 124 Å². The number of sulfonamides is 1. The van der Waals surface area contributed by atoms with Crippen LogP contribution in [0.5, 0.6) is 5.88 Å². The van der Waals surface area contributed by atoms with Gasteiger partial charge < -0.3 is 9.64 Å². The number of aromatic nitrogens is 5. The molecule has 0 aromatic carbocycles. The van der Waals surface area contributed by atoms with E-state index in [0.29, 0.717) is 30.4 Å². The average Bonchev–Trinajstić information content (AvgIpc) is 3.56.